The number of para-hydroxylation sites is 1. The molecule has 0 saturated carbocycles. The largest absolute Gasteiger partial charge is 0.322 e. The second-order valence-electron chi connectivity index (χ2n) is 2.29. The van der Waals surface area contributed by atoms with E-state index in [0.29, 0.717) is 5.69 Å². The highest BCUT2D eigenvalue weighted by Crippen LogP contribution is 2.08. The summed E-state index contributed by atoms with van der Waals surface area (Å²) >= 11 is 10.6. The van der Waals surface area contributed by atoms with Crippen molar-refractivity contribution in [3.63, 3.8) is 0 Å². The zero-order valence-corrected chi connectivity index (χ0v) is 8.14. The molecule has 1 aromatic carbocycles. The molecule has 0 fully saturated rings. The Morgan fingerprint density at radius 1 is 1.23 bits per heavy atom. The highest BCUT2D eigenvalue weighted by molar-refractivity contribution is 6.56. The van der Waals surface area contributed by atoms with Crippen LogP contribution in [0, 0.1) is 0 Å². The van der Waals surface area contributed by atoms with E-state index in [0.717, 1.165) is 6.08 Å². The third-order valence-corrected chi connectivity index (χ3v) is 1.50. The summed E-state index contributed by atoms with van der Waals surface area (Å²) in [4.78, 5) is 11.1. The minimum atomic E-state index is -0.341. The summed E-state index contributed by atoms with van der Waals surface area (Å²) in [5.41, 5.74) is 0.707. The summed E-state index contributed by atoms with van der Waals surface area (Å²) in [6.45, 7) is 0. The van der Waals surface area contributed by atoms with Crippen molar-refractivity contribution in [1.29, 1.82) is 0 Å². The van der Waals surface area contributed by atoms with Crippen LogP contribution < -0.4 is 5.32 Å². The molecule has 0 heterocycles. The molecular weight excluding hydrogens is 209 g/mol. The van der Waals surface area contributed by atoms with Crippen LogP contribution in [0.25, 0.3) is 0 Å². The summed E-state index contributed by atoms with van der Waals surface area (Å²) < 4.78 is -0.0616. The average Bonchev–Trinajstić information content (AvgIpc) is 2.04. The van der Waals surface area contributed by atoms with Crippen molar-refractivity contribution in [2.24, 2.45) is 0 Å². The van der Waals surface area contributed by atoms with E-state index in [-0.39, 0.29) is 10.4 Å². The molecule has 2 nitrogen and oxygen atoms in total. The smallest absolute Gasteiger partial charge is 0.250 e. The number of carbonyl (C=O) groups excluding carboxylic acids is 1. The van der Waals surface area contributed by atoms with Crippen molar-refractivity contribution < 1.29 is 4.79 Å². The van der Waals surface area contributed by atoms with Crippen LogP contribution in [-0.4, -0.2) is 5.91 Å². The minimum Gasteiger partial charge on any atom is -0.322 e. The topological polar surface area (TPSA) is 29.1 Å². The van der Waals surface area contributed by atoms with E-state index in [1.807, 2.05) is 18.2 Å². The lowest BCUT2D eigenvalue weighted by Gasteiger charge is -1.99. The van der Waals surface area contributed by atoms with Crippen molar-refractivity contribution in [3.8, 4) is 0 Å². The third-order valence-electron chi connectivity index (χ3n) is 1.28. The maximum absolute atomic E-state index is 11.1. The van der Waals surface area contributed by atoms with Crippen LogP contribution in [0.5, 0.6) is 0 Å². The van der Waals surface area contributed by atoms with E-state index >= 15 is 0 Å². The lowest BCUT2D eigenvalue weighted by atomic mass is 10.3. The van der Waals surface area contributed by atoms with Crippen molar-refractivity contribution in [2.45, 2.75) is 0 Å². The number of rotatable bonds is 2. The van der Waals surface area contributed by atoms with Crippen molar-refractivity contribution in [1.82, 2.24) is 0 Å². The molecule has 0 bridgehead atoms. The fourth-order valence-corrected chi connectivity index (χ4v) is 0.997. The number of halogens is 2. The molecule has 1 aromatic rings. The maximum atomic E-state index is 11.1. The molecule has 1 N–H and O–H groups in total. The van der Waals surface area contributed by atoms with E-state index in [1.54, 1.807) is 12.1 Å². The number of benzene rings is 1. The van der Waals surface area contributed by atoms with Gasteiger partial charge in [0.15, 0.2) is 0 Å². The third kappa shape index (κ3) is 3.97. The molecule has 0 aliphatic rings. The predicted octanol–water partition coefficient (Wildman–Crippen LogP) is 2.94. The second-order valence-corrected chi connectivity index (χ2v) is 3.30. The highest BCUT2D eigenvalue weighted by atomic mass is 35.5. The Morgan fingerprint density at radius 3 is 2.38 bits per heavy atom. The maximum Gasteiger partial charge on any atom is 0.250 e. The van der Waals surface area contributed by atoms with E-state index in [4.69, 9.17) is 23.2 Å². The Kier molecular flexibility index (Phi) is 3.80. The van der Waals surface area contributed by atoms with E-state index < -0.39 is 0 Å². The number of anilines is 1. The van der Waals surface area contributed by atoms with Crippen molar-refractivity contribution in [3.05, 3.63) is 40.9 Å². The van der Waals surface area contributed by atoms with E-state index in [2.05, 4.69) is 5.32 Å². The van der Waals surface area contributed by atoms with Gasteiger partial charge in [-0.15, -0.1) is 0 Å². The van der Waals surface area contributed by atoms with Crippen molar-refractivity contribution in [2.75, 3.05) is 5.32 Å². The molecule has 13 heavy (non-hydrogen) atoms. The molecule has 0 aromatic heterocycles. The van der Waals surface area contributed by atoms with E-state index in [9.17, 15) is 4.79 Å². The SMILES string of the molecule is O=C(C=C(Cl)Cl)Nc1ccccc1. The summed E-state index contributed by atoms with van der Waals surface area (Å²) in [5, 5.41) is 2.59. The van der Waals surface area contributed by atoms with Gasteiger partial charge < -0.3 is 5.32 Å². The molecule has 0 atom stereocenters. The van der Waals surface area contributed by atoms with Gasteiger partial charge in [-0.2, -0.15) is 0 Å². The average molecular weight is 216 g/mol. The Morgan fingerprint density at radius 2 is 1.85 bits per heavy atom. The molecule has 4 heteroatoms. The Balaban J connectivity index is 2.61. The van der Waals surface area contributed by atoms with Gasteiger partial charge in [-0.1, -0.05) is 41.4 Å². The first-order chi connectivity index (χ1) is 6.18. The van der Waals surface area contributed by atoms with Gasteiger partial charge in [0.1, 0.15) is 4.49 Å². The van der Waals surface area contributed by atoms with Crippen LogP contribution >= 0.6 is 23.2 Å². The van der Waals surface area contributed by atoms with Crippen LogP contribution in [0.15, 0.2) is 40.9 Å². The molecular formula is C9H7Cl2NO. The monoisotopic (exact) mass is 215 g/mol. The van der Waals surface area contributed by atoms with Gasteiger partial charge >= 0.3 is 0 Å². The number of amides is 1. The highest BCUT2D eigenvalue weighted by Gasteiger charge is 1.97. The summed E-state index contributed by atoms with van der Waals surface area (Å²) in [5.74, 6) is -0.341. The molecule has 1 amide bonds. The lowest BCUT2D eigenvalue weighted by Crippen LogP contribution is -2.07. The normalized spacial score (nSPS) is 9.08. The fraction of sp³-hybridized carbons (Fsp3) is 0. The molecule has 68 valence electrons. The predicted molar refractivity (Wildman–Crippen MR) is 54.9 cm³/mol. The number of hydrogen-bond acceptors (Lipinski definition) is 1. The van der Waals surface area contributed by atoms with Gasteiger partial charge in [0.05, 0.1) is 0 Å². The molecule has 0 saturated heterocycles. The Labute approximate surface area is 86.2 Å². The van der Waals surface area contributed by atoms with Crippen molar-refractivity contribution >= 4 is 34.8 Å². The lowest BCUT2D eigenvalue weighted by molar-refractivity contribution is -0.111. The Hall–Kier alpha value is -0.990. The molecule has 0 unspecified atom stereocenters. The van der Waals surface area contributed by atoms with Gasteiger partial charge in [-0.05, 0) is 12.1 Å². The summed E-state index contributed by atoms with van der Waals surface area (Å²) in [6.07, 6.45) is 1.11. The van der Waals surface area contributed by atoms with Gasteiger partial charge in [-0.3, -0.25) is 4.79 Å². The van der Waals surface area contributed by atoms with Crippen LogP contribution in [-0.2, 0) is 4.79 Å². The van der Waals surface area contributed by atoms with Gasteiger partial charge in [0, 0.05) is 11.8 Å². The standard InChI is InChI=1S/C9H7Cl2NO/c10-8(11)6-9(13)12-7-4-2-1-3-5-7/h1-6H,(H,12,13). The Bertz CT molecular complexity index is 318. The molecule has 0 radical (unpaired) electrons. The minimum absolute atomic E-state index is 0.0616. The zero-order chi connectivity index (χ0) is 9.68. The second kappa shape index (κ2) is 4.90. The number of carbonyl (C=O) groups is 1. The summed E-state index contributed by atoms with van der Waals surface area (Å²) in [7, 11) is 0. The summed E-state index contributed by atoms with van der Waals surface area (Å²) in [6, 6.07) is 9.05. The molecule has 0 spiro atoms. The van der Waals surface area contributed by atoms with E-state index in [1.165, 1.54) is 0 Å². The molecule has 0 aliphatic heterocycles. The van der Waals surface area contributed by atoms with Crippen LogP contribution in [0.2, 0.25) is 0 Å². The van der Waals surface area contributed by atoms with Gasteiger partial charge in [0.2, 0.25) is 0 Å². The number of nitrogens with one attached hydrogen (secondary N) is 1. The van der Waals surface area contributed by atoms with Gasteiger partial charge in [-0.25, -0.2) is 0 Å². The molecule has 1 rings (SSSR count). The van der Waals surface area contributed by atoms with Gasteiger partial charge in [0.25, 0.3) is 5.91 Å². The first kappa shape index (κ1) is 10.1. The zero-order valence-electron chi connectivity index (χ0n) is 6.63. The molecule has 0 aliphatic carbocycles. The quantitative estimate of drug-likeness (QED) is 0.756. The van der Waals surface area contributed by atoms with Crippen LogP contribution in [0.3, 0.4) is 0 Å². The first-order valence-electron chi connectivity index (χ1n) is 3.57. The van der Waals surface area contributed by atoms with Crippen LogP contribution in [0.4, 0.5) is 5.69 Å². The fourth-order valence-electron chi connectivity index (χ4n) is 0.799. The van der Waals surface area contributed by atoms with Crippen LogP contribution in [0.1, 0.15) is 0 Å². The number of hydrogen-bond donors (Lipinski definition) is 1. The first-order valence-corrected chi connectivity index (χ1v) is 4.33.